The van der Waals surface area contributed by atoms with Gasteiger partial charge in [0.05, 0.1) is 12.8 Å². The van der Waals surface area contributed by atoms with E-state index in [0.717, 1.165) is 81.7 Å². The molecule has 1 aromatic heterocycles. The molecule has 10 nitrogen and oxygen atoms in total. The van der Waals surface area contributed by atoms with Crippen LogP contribution in [0.1, 0.15) is 32.1 Å². The second-order valence-electron chi connectivity index (χ2n) is 9.16. The molecule has 0 spiro atoms. The Hall–Kier alpha value is -3.92. The van der Waals surface area contributed by atoms with Gasteiger partial charge in [-0.3, -0.25) is 19.4 Å². The minimum atomic E-state index is -0.981. The lowest BCUT2D eigenvalue weighted by Gasteiger charge is -2.37. The van der Waals surface area contributed by atoms with E-state index in [0.29, 0.717) is 6.54 Å². The Morgan fingerprint density at radius 2 is 1.69 bits per heavy atom. The van der Waals surface area contributed by atoms with Crippen molar-refractivity contribution < 1.29 is 29.3 Å². The number of para-hydroxylation sites is 2. The Balaban J connectivity index is 0.000000590. The van der Waals surface area contributed by atoms with Crippen molar-refractivity contribution in [2.45, 2.75) is 32.1 Å². The number of benzene rings is 1. The average molecular weight is 541 g/mol. The summed E-state index contributed by atoms with van der Waals surface area (Å²) < 4.78 is 5.53. The fourth-order valence-electron chi connectivity index (χ4n) is 4.77. The fraction of sp³-hybridized carbons (Fsp3) is 0.448. The van der Waals surface area contributed by atoms with E-state index >= 15 is 0 Å². The Morgan fingerprint density at radius 3 is 2.26 bits per heavy atom. The summed E-state index contributed by atoms with van der Waals surface area (Å²) in [5.41, 5.74) is 1.16. The SMILES string of the molecule is C=CC(=O)O.COc1ccccc1N1CCN(CCN(C(=O)C2CCCCC2)c2ccccn2)CC1.O=CO. The summed E-state index contributed by atoms with van der Waals surface area (Å²) in [7, 11) is 1.73. The van der Waals surface area contributed by atoms with Crippen molar-refractivity contribution in [2.24, 2.45) is 5.92 Å². The second kappa shape index (κ2) is 17.6. The summed E-state index contributed by atoms with van der Waals surface area (Å²) in [5, 5.41) is 14.5. The highest BCUT2D eigenvalue weighted by molar-refractivity contribution is 5.94. The largest absolute Gasteiger partial charge is 0.495 e. The van der Waals surface area contributed by atoms with Crippen LogP contribution in [0.4, 0.5) is 11.5 Å². The lowest BCUT2D eigenvalue weighted by Crippen LogP contribution is -2.50. The molecule has 212 valence electrons. The standard InChI is InChI=1S/C25H34N4O2.C3H4O2.CH2O2/c1-31-23-12-6-5-11-22(23)28-18-15-27(16-19-28)17-20-29(24-13-7-8-14-26-24)25(30)21-9-3-2-4-10-21;1-2-3(4)5;2-1-3/h5-8,11-14,21H,2-4,9-10,15-20H2,1H3;2H,1H2,(H,4,5);1H,(H,2,3). The van der Waals surface area contributed by atoms with Gasteiger partial charge in [-0.2, -0.15) is 0 Å². The van der Waals surface area contributed by atoms with Crippen LogP contribution >= 0.6 is 0 Å². The van der Waals surface area contributed by atoms with E-state index in [9.17, 15) is 9.59 Å². The van der Waals surface area contributed by atoms with E-state index in [-0.39, 0.29) is 18.3 Å². The number of piperazine rings is 1. The van der Waals surface area contributed by atoms with Crippen molar-refractivity contribution in [1.82, 2.24) is 9.88 Å². The predicted molar refractivity (Wildman–Crippen MR) is 151 cm³/mol. The molecule has 1 aliphatic heterocycles. The minimum Gasteiger partial charge on any atom is -0.495 e. The molecule has 0 atom stereocenters. The van der Waals surface area contributed by atoms with Crippen LogP contribution in [0.5, 0.6) is 5.75 Å². The van der Waals surface area contributed by atoms with Crippen molar-refractivity contribution in [1.29, 1.82) is 0 Å². The van der Waals surface area contributed by atoms with Crippen LogP contribution in [0.15, 0.2) is 61.3 Å². The van der Waals surface area contributed by atoms with E-state index in [1.165, 1.54) is 6.42 Å². The highest BCUT2D eigenvalue weighted by atomic mass is 16.5. The summed E-state index contributed by atoms with van der Waals surface area (Å²) in [4.78, 5) is 42.2. The molecule has 4 rings (SSSR count). The maximum Gasteiger partial charge on any atom is 0.327 e. The van der Waals surface area contributed by atoms with Crippen LogP contribution in [0.2, 0.25) is 0 Å². The van der Waals surface area contributed by atoms with E-state index in [1.54, 1.807) is 13.3 Å². The van der Waals surface area contributed by atoms with Crippen molar-refractivity contribution >= 4 is 29.9 Å². The molecule has 2 heterocycles. The van der Waals surface area contributed by atoms with Gasteiger partial charge in [-0.05, 0) is 37.1 Å². The molecule has 0 radical (unpaired) electrons. The number of pyridine rings is 1. The fourth-order valence-corrected chi connectivity index (χ4v) is 4.77. The number of hydrogen-bond acceptors (Lipinski definition) is 7. The zero-order valence-corrected chi connectivity index (χ0v) is 22.7. The molecule has 1 amide bonds. The second-order valence-corrected chi connectivity index (χ2v) is 9.16. The number of carboxylic acids is 1. The summed E-state index contributed by atoms with van der Waals surface area (Å²) in [6.07, 6.45) is 8.22. The van der Waals surface area contributed by atoms with Crippen molar-refractivity contribution in [3.05, 3.63) is 61.3 Å². The van der Waals surface area contributed by atoms with Gasteiger partial charge in [0.15, 0.2) is 0 Å². The topological polar surface area (TPSA) is 124 Å². The van der Waals surface area contributed by atoms with Gasteiger partial charge in [0.2, 0.25) is 5.91 Å². The third-order valence-corrected chi connectivity index (χ3v) is 6.76. The smallest absolute Gasteiger partial charge is 0.327 e. The highest BCUT2D eigenvalue weighted by Crippen LogP contribution is 2.29. The van der Waals surface area contributed by atoms with Gasteiger partial charge in [-0.1, -0.05) is 44.0 Å². The molecule has 2 fully saturated rings. The van der Waals surface area contributed by atoms with Gasteiger partial charge in [0.1, 0.15) is 11.6 Å². The first-order valence-corrected chi connectivity index (χ1v) is 13.2. The van der Waals surface area contributed by atoms with Gasteiger partial charge >= 0.3 is 5.97 Å². The van der Waals surface area contributed by atoms with Gasteiger partial charge in [-0.25, -0.2) is 9.78 Å². The molecule has 1 aromatic carbocycles. The number of rotatable bonds is 8. The molecule has 1 saturated carbocycles. The summed E-state index contributed by atoms with van der Waals surface area (Å²) in [6.45, 7) is 8.15. The number of carboxylic acid groups (broad SMARTS) is 2. The van der Waals surface area contributed by atoms with E-state index in [1.807, 2.05) is 35.2 Å². The van der Waals surface area contributed by atoms with Crippen LogP contribution in [-0.4, -0.2) is 84.8 Å². The van der Waals surface area contributed by atoms with E-state index in [2.05, 4.69) is 33.5 Å². The Morgan fingerprint density at radius 1 is 1.08 bits per heavy atom. The normalized spacial score (nSPS) is 15.5. The molecule has 0 unspecified atom stereocenters. The number of amides is 1. The minimum absolute atomic E-state index is 0.151. The lowest BCUT2D eigenvalue weighted by atomic mass is 9.88. The van der Waals surface area contributed by atoms with Crippen LogP contribution in [-0.2, 0) is 14.4 Å². The van der Waals surface area contributed by atoms with Crippen molar-refractivity contribution in [3.8, 4) is 5.75 Å². The molecule has 10 heteroatoms. The van der Waals surface area contributed by atoms with Crippen molar-refractivity contribution in [3.63, 3.8) is 0 Å². The molecule has 2 N–H and O–H groups in total. The summed E-state index contributed by atoms with van der Waals surface area (Å²) in [6, 6.07) is 14.0. The van der Waals surface area contributed by atoms with Crippen molar-refractivity contribution in [2.75, 3.05) is 56.2 Å². The van der Waals surface area contributed by atoms with Crippen LogP contribution in [0.25, 0.3) is 0 Å². The van der Waals surface area contributed by atoms with Gasteiger partial charge in [0.25, 0.3) is 6.47 Å². The van der Waals surface area contributed by atoms with Gasteiger partial charge in [0, 0.05) is 57.5 Å². The number of hydrogen-bond donors (Lipinski definition) is 2. The highest BCUT2D eigenvalue weighted by Gasteiger charge is 2.28. The Labute approximate surface area is 230 Å². The van der Waals surface area contributed by atoms with Gasteiger partial charge in [-0.15, -0.1) is 0 Å². The molecular formula is C29H40N4O6. The summed E-state index contributed by atoms with van der Waals surface area (Å²) >= 11 is 0. The maximum atomic E-state index is 13.3. The predicted octanol–water partition coefficient (Wildman–Crippen LogP) is 3.78. The maximum absolute atomic E-state index is 13.3. The first-order chi connectivity index (χ1) is 18.9. The zero-order chi connectivity index (χ0) is 28.5. The number of anilines is 2. The van der Waals surface area contributed by atoms with Crippen LogP contribution in [0.3, 0.4) is 0 Å². The Bertz CT molecular complexity index is 1020. The molecule has 2 aliphatic rings. The number of methoxy groups -OCH3 is 1. The summed E-state index contributed by atoms with van der Waals surface area (Å²) in [5.74, 6) is 1.13. The quantitative estimate of drug-likeness (QED) is 0.380. The third kappa shape index (κ3) is 10.4. The Kier molecular flexibility index (Phi) is 14.1. The number of aromatic nitrogens is 1. The number of aliphatic carboxylic acids is 1. The molecule has 2 aromatic rings. The van der Waals surface area contributed by atoms with Crippen LogP contribution < -0.4 is 14.5 Å². The number of ether oxygens (including phenoxy) is 1. The average Bonchev–Trinajstić information content (AvgIpc) is 2.99. The zero-order valence-electron chi connectivity index (χ0n) is 22.7. The first-order valence-electron chi connectivity index (χ1n) is 13.2. The molecule has 39 heavy (non-hydrogen) atoms. The number of carbonyl (C=O) groups is 3. The lowest BCUT2D eigenvalue weighted by molar-refractivity contribution is -0.131. The number of nitrogens with zero attached hydrogens (tertiary/aromatic N) is 4. The van der Waals surface area contributed by atoms with Gasteiger partial charge < -0.3 is 19.8 Å². The van der Waals surface area contributed by atoms with E-state index < -0.39 is 5.97 Å². The first kappa shape index (κ1) is 31.3. The monoisotopic (exact) mass is 540 g/mol. The molecular weight excluding hydrogens is 500 g/mol. The van der Waals surface area contributed by atoms with E-state index in [4.69, 9.17) is 19.7 Å². The third-order valence-electron chi connectivity index (χ3n) is 6.76. The van der Waals surface area contributed by atoms with Crippen LogP contribution in [0, 0.1) is 5.92 Å². The molecule has 1 saturated heterocycles. The molecule has 1 aliphatic carbocycles. The molecule has 0 bridgehead atoms. The number of carbonyl (C=O) groups excluding carboxylic acids is 1.